The van der Waals surface area contributed by atoms with E-state index in [1.165, 1.54) is 12.8 Å². The molecule has 0 aromatic heterocycles. The summed E-state index contributed by atoms with van der Waals surface area (Å²) in [4.78, 5) is 37.6. The van der Waals surface area contributed by atoms with E-state index >= 15 is 0 Å². The van der Waals surface area contributed by atoms with Gasteiger partial charge < -0.3 is 14.2 Å². The molecule has 0 saturated carbocycles. The fourth-order valence-electron chi connectivity index (χ4n) is 5.42. The monoisotopic (exact) mass is 763 g/mol. The van der Waals surface area contributed by atoms with Crippen molar-refractivity contribution in [2.45, 2.75) is 181 Å². The topological polar surface area (TPSA) is 78.9 Å². The summed E-state index contributed by atoms with van der Waals surface area (Å²) in [6.45, 7) is 6.24. The van der Waals surface area contributed by atoms with Gasteiger partial charge in [-0.25, -0.2) is 0 Å². The summed E-state index contributed by atoms with van der Waals surface area (Å²) in [5.41, 5.74) is 0. The second kappa shape index (κ2) is 43.1. The largest absolute Gasteiger partial charge is 0.462 e. The Morgan fingerprint density at radius 2 is 0.800 bits per heavy atom. The van der Waals surface area contributed by atoms with Gasteiger partial charge >= 0.3 is 17.9 Å². The van der Waals surface area contributed by atoms with E-state index < -0.39 is 6.10 Å². The van der Waals surface area contributed by atoms with Crippen LogP contribution in [0.5, 0.6) is 0 Å². The van der Waals surface area contributed by atoms with E-state index in [0.29, 0.717) is 19.3 Å². The van der Waals surface area contributed by atoms with Crippen LogP contribution in [0.4, 0.5) is 0 Å². The smallest absolute Gasteiger partial charge is 0.306 e. The van der Waals surface area contributed by atoms with Crippen LogP contribution in [-0.2, 0) is 28.6 Å². The van der Waals surface area contributed by atoms with Gasteiger partial charge in [0.25, 0.3) is 0 Å². The first-order valence-electron chi connectivity index (χ1n) is 21.8. The fourth-order valence-corrected chi connectivity index (χ4v) is 5.42. The van der Waals surface area contributed by atoms with Crippen LogP contribution in [0.2, 0.25) is 0 Å². The number of unbranched alkanes of at least 4 members (excludes halogenated alkanes) is 14. The predicted molar refractivity (Wildman–Crippen MR) is 233 cm³/mol. The van der Waals surface area contributed by atoms with Crippen molar-refractivity contribution in [3.05, 3.63) is 97.2 Å². The Morgan fingerprint density at radius 3 is 1.35 bits per heavy atom. The van der Waals surface area contributed by atoms with Crippen LogP contribution in [0.1, 0.15) is 175 Å². The van der Waals surface area contributed by atoms with Crippen LogP contribution in [0, 0.1) is 0 Å². The number of carbonyl (C=O) groups excluding carboxylic acids is 3. The molecule has 1 unspecified atom stereocenters. The van der Waals surface area contributed by atoms with Gasteiger partial charge in [0, 0.05) is 19.3 Å². The van der Waals surface area contributed by atoms with Gasteiger partial charge in [0.15, 0.2) is 6.10 Å². The van der Waals surface area contributed by atoms with E-state index in [0.717, 1.165) is 122 Å². The standard InChI is InChI=1S/C49H78O6/c1-4-7-10-13-16-19-22-24-25-26-28-30-33-36-39-42-48(51)54-45-46(44-53-47(50)41-38-35-32-29-21-18-15-12-9-6-3)55-49(52)43-40-37-34-31-27-23-20-17-14-11-8-5-2/h7-8,10-11,13,15-20,22,24-26,28,46H,4-6,9,12,14,21,23,27,29-45H2,1-3H3/b10-7-,11-8-,16-13-,18-15-,20-17-,22-19-,25-24-,28-26-. The average molecular weight is 763 g/mol. The second-order valence-corrected chi connectivity index (χ2v) is 14.0. The Bertz CT molecular complexity index is 1150. The van der Waals surface area contributed by atoms with E-state index in [2.05, 4.69) is 69.4 Å². The number of ether oxygens (including phenoxy) is 3. The lowest BCUT2D eigenvalue weighted by atomic mass is 10.1. The molecule has 1 atom stereocenters. The number of esters is 3. The maximum absolute atomic E-state index is 12.7. The lowest BCUT2D eigenvalue weighted by Gasteiger charge is -2.18. The van der Waals surface area contributed by atoms with Crippen molar-refractivity contribution in [2.75, 3.05) is 13.2 Å². The van der Waals surface area contributed by atoms with Gasteiger partial charge in [0.05, 0.1) is 0 Å². The highest BCUT2D eigenvalue weighted by molar-refractivity contribution is 5.71. The Morgan fingerprint density at radius 1 is 0.400 bits per heavy atom. The Hall–Kier alpha value is -3.67. The third kappa shape index (κ3) is 41.3. The molecule has 0 rings (SSSR count). The van der Waals surface area contributed by atoms with Crippen molar-refractivity contribution < 1.29 is 28.6 Å². The van der Waals surface area contributed by atoms with Gasteiger partial charge in [-0.2, -0.15) is 0 Å². The molecule has 0 radical (unpaired) electrons. The summed E-state index contributed by atoms with van der Waals surface area (Å²) >= 11 is 0. The van der Waals surface area contributed by atoms with E-state index in [1.807, 2.05) is 48.6 Å². The van der Waals surface area contributed by atoms with E-state index in [1.54, 1.807) is 0 Å². The summed E-state index contributed by atoms with van der Waals surface area (Å²) in [7, 11) is 0. The summed E-state index contributed by atoms with van der Waals surface area (Å²) in [5.74, 6) is -0.989. The quantitative estimate of drug-likeness (QED) is 0.0206. The summed E-state index contributed by atoms with van der Waals surface area (Å²) < 4.78 is 16.6. The molecule has 55 heavy (non-hydrogen) atoms. The van der Waals surface area contributed by atoms with Crippen molar-refractivity contribution in [1.82, 2.24) is 0 Å². The average Bonchev–Trinajstić information content (AvgIpc) is 3.18. The maximum atomic E-state index is 12.7. The molecule has 0 aliphatic rings. The van der Waals surface area contributed by atoms with Crippen LogP contribution in [0.25, 0.3) is 0 Å². The molecular formula is C49H78O6. The lowest BCUT2D eigenvalue weighted by molar-refractivity contribution is -0.167. The maximum Gasteiger partial charge on any atom is 0.306 e. The molecule has 0 saturated heterocycles. The predicted octanol–water partition coefficient (Wildman–Crippen LogP) is 13.9. The van der Waals surface area contributed by atoms with Gasteiger partial charge in [-0.1, -0.05) is 169 Å². The van der Waals surface area contributed by atoms with E-state index in [4.69, 9.17) is 14.2 Å². The molecule has 0 bridgehead atoms. The zero-order chi connectivity index (χ0) is 40.1. The van der Waals surface area contributed by atoms with Crippen LogP contribution in [0.15, 0.2) is 97.2 Å². The first-order chi connectivity index (χ1) is 27.0. The van der Waals surface area contributed by atoms with Crippen LogP contribution >= 0.6 is 0 Å². The zero-order valence-corrected chi connectivity index (χ0v) is 35.1. The Kier molecular flexibility index (Phi) is 40.2. The normalized spacial score (nSPS) is 13.0. The number of hydrogen-bond donors (Lipinski definition) is 0. The minimum absolute atomic E-state index is 0.105. The molecule has 0 aliphatic heterocycles. The van der Waals surface area contributed by atoms with Gasteiger partial charge in [-0.05, 0) is 83.5 Å². The Balaban J connectivity index is 4.52. The van der Waals surface area contributed by atoms with Crippen molar-refractivity contribution >= 4 is 17.9 Å². The molecule has 6 heteroatoms. The first-order valence-corrected chi connectivity index (χ1v) is 21.8. The van der Waals surface area contributed by atoms with E-state index in [9.17, 15) is 14.4 Å². The first kappa shape index (κ1) is 51.3. The fraction of sp³-hybridized carbons (Fsp3) is 0.612. The van der Waals surface area contributed by atoms with Gasteiger partial charge in [-0.15, -0.1) is 0 Å². The number of allylic oxidation sites excluding steroid dienone is 16. The molecule has 0 amide bonds. The number of rotatable bonds is 37. The lowest BCUT2D eigenvalue weighted by Crippen LogP contribution is -2.30. The summed E-state index contributed by atoms with van der Waals surface area (Å²) in [5, 5.41) is 0. The molecule has 0 heterocycles. The molecule has 0 aliphatic carbocycles. The molecule has 0 spiro atoms. The molecular weight excluding hydrogens is 685 g/mol. The Labute approximate surface area is 337 Å². The minimum atomic E-state index is -0.805. The third-order valence-corrected chi connectivity index (χ3v) is 8.68. The molecule has 0 aromatic rings. The third-order valence-electron chi connectivity index (χ3n) is 8.68. The van der Waals surface area contributed by atoms with Gasteiger partial charge in [0.2, 0.25) is 0 Å². The zero-order valence-electron chi connectivity index (χ0n) is 35.1. The highest BCUT2D eigenvalue weighted by atomic mass is 16.6. The van der Waals surface area contributed by atoms with Crippen molar-refractivity contribution in [3.63, 3.8) is 0 Å². The highest BCUT2D eigenvalue weighted by Crippen LogP contribution is 2.12. The molecule has 310 valence electrons. The number of hydrogen-bond acceptors (Lipinski definition) is 6. The van der Waals surface area contributed by atoms with Gasteiger partial charge in [0.1, 0.15) is 13.2 Å². The molecule has 0 fully saturated rings. The van der Waals surface area contributed by atoms with Crippen LogP contribution in [-0.4, -0.2) is 37.2 Å². The second-order valence-electron chi connectivity index (χ2n) is 14.0. The molecule has 0 N–H and O–H groups in total. The molecule has 0 aromatic carbocycles. The van der Waals surface area contributed by atoms with E-state index in [-0.39, 0.29) is 31.1 Å². The highest BCUT2D eigenvalue weighted by Gasteiger charge is 2.19. The molecule has 6 nitrogen and oxygen atoms in total. The number of carbonyl (C=O) groups is 3. The van der Waals surface area contributed by atoms with Crippen molar-refractivity contribution in [1.29, 1.82) is 0 Å². The van der Waals surface area contributed by atoms with Crippen molar-refractivity contribution in [3.8, 4) is 0 Å². The SMILES string of the molecule is CC\C=C/C=C\C=C/C=C\C=C/CCCCCC(=O)OCC(COC(=O)CCCCCC/C=C\CCCC)OC(=O)CCCCCCC/C=C\C/C=C\CC. The van der Waals surface area contributed by atoms with Crippen LogP contribution in [0.3, 0.4) is 0 Å². The summed E-state index contributed by atoms with van der Waals surface area (Å²) in [6.07, 6.45) is 55.3. The van der Waals surface area contributed by atoms with Crippen LogP contribution < -0.4 is 0 Å². The van der Waals surface area contributed by atoms with Gasteiger partial charge in [-0.3, -0.25) is 14.4 Å². The minimum Gasteiger partial charge on any atom is -0.462 e. The van der Waals surface area contributed by atoms with Crippen molar-refractivity contribution in [2.24, 2.45) is 0 Å². The summed E-state index contributed by atoms with van der Waals surface area (Å²) in [6, 6.07) is 0.